The number of aliphatic imine (C=N–C) groups is 1. The molecule has 3 aliphatic rings. The minimum atomic E-state index is -0.276. The van der Waals surface area contributed by atoms with Gasteiger partial charge in [-0.25, -0.2) is 5.06 Å². The van der Waals surface area contributed by atoms with Gasteiger partial charge in [-0.2, -0.15) is 5.26 Å². The maximum Gasteiger partial charge on any atom is 0.138 e. The molecule has 6 nitrogen and oxygen atoms in total. The van der Waals surface area contributed by atoms with Gasteiger partial charge in [0.05, 0.1) is 31.3 Å². The van der Waals surface area contributed by atoms with Crippen molar-refractivity contribution in [2.45, 2.75) is 13.8 Å². The lowest BCUT2D eigenvalue weighted by Crippen LogP contribution is -2.39. The van der Waals surface area contributed by atoms with E-state index in [1.807, 2.05) is 19.3 Å². The van der Waals surface area contributed by atoms with Gasteiger partial charge in [-0.1, -0.05) is 0 Å². The van der Waals surface area contributed by atoms with Crippen LogP contribution in [0.15, 0.2) is 40.2 Å². The van der Waals surface area contributed by atoms with E-state index in [0.29, 0.717) is 6.67 Å². The normalized spacial score (nSPS) is 24.3. The third-order valence-corrected chi connectivity index (χ3v) is 3.75. The Kier molecular flexibility index (Phi) is 2.99. The van der Waals surface area contributed by atoms with E-state index in [-0.39, 0.29) is 5.92 Å². The van der Waals surface area contributed by atoms with Crippen molar-refractivity contribution in [2.75, 3.05) is 20.3 Å². The van der Waals surface area contributed by atoms with Crippen molar-refractivity contribution in [3.05, 3.63) is 35.2 Å². The van der Waals surface area contributed by atoms with Crippen molar-refractivity contribution in [1.29, 1.82) is 5.26 Å². The Morgan fingerprint density at radius 3 is 2.95 bits per heavy atom. The molecule has 0 amide bonds. The predicted molar refractivity (Wildman–Crippen MR) is 74.4 cm³/mol. The molecular weight excluding hydrogens is 254 g/mol. The molecule has 3 heterocycles. The molecule has 0 fully saturated rings. The molecular formula is C14H17N5O. The summed E-state index contributed by atoms with van der Waals surface area (Å²) in [5.41, 5.74) is 2.83. The second kappa shape index (κ2) is 4.69. The molecule has 3 aliphatic heterocycles. The van der Waals surface area contributed by atoms with Crippen molar-refractivity contribution < 1.29 is 4.84 Å². The van der Waals surface area contributed by atoms with E-state index in [9.17, 15) is 5.26 Å². The van der Waals surface area contributed by atoms with Gasteiger partial charge in [0.15, 0.2) is 0 Å². The van der Waals surface area contributed by atoms with Gasteiger partial charge in [0, 0.05) is 12.7 Å². The zero-order valence-corrected chi connectivity index (χ0v) is 11.9. The number of hydrogen-bond donors (Lipinski definition) is 0. The van der Waals surface area contributed by atoms with Crippen LogP contribution in [0.2, 0.25) is 0 Å². The van der Waals surface area contributed by atoms with Gasteiger partial charge in [-0.15, -0.1) is 0 Å². The summed E-state index contributed by atoms with van der Waals surface area (Å²) in [6.45, 7) is 5.51. The van der Waals surface area contributed by atoms with Crippen molar-refractivity contribution in [3.63, 3.8) is 0 Å². The van der Waals surface area contributed by atoms with Crippen LogP contribution >= 0.6 is 0 Å². The molecule has 20 heavy (non-hydrogen) atoms. The molecule has 0 spiro atoms. The Balaban J connectivity index is 2.06. The number of hydroxylamine groups is 2. The summed E-state index contributed by atoms with van der Waals surface area (Å²) in [6.07, 6.45) is 5.75. The fourth-order valence-corrected chi connectivity index (χ4v) is 2.72. The number of nitrogens with zero attached hydrogens (tertiary/aromatic N) is 5. The second-order valence-electron chi connectivity index (χ2n) is 4.91. The highest BCUT2D eigenvalue weighted by molar-refractivity contribution is 5.81. The highest BCUT2D eigenvalue weighted by atomic mass is 16.7. The third kappa shape index (κ3) is 1.71. The van der Waals surface area contributed by atoms with Gasteiger partial charge in [-0.05, 0) is 19.4 Å². The summed E-state index contributed by atoms with van der Waals surface area (Å²) in [5.74, 6) is 0.708. The summed E-state index contributed by atoms with van der Waals surface area (Å²) in [7, 11) is 1.64. The summed E-state index contributed by atoms with van der Waals surface area (Å²) in [4.78, 5) is 14.0. The first-order chi connectivity index (χ1) is 9.69. The van der Waals surface area contributed by atoms with Crippen molar-refractivity contribution in [1.82, 2.24) is 14.9 Å². The van der Waals surface area contributed by atoms with Crippen LogP contribution in [0.4, 0.5) is 0 Å². The molecule has 0 aromatic rings. The number of hydrogen-bond acceptors (Lipinski definition) is 6. The number of allylic oxidation sites excluding steroid dienone is 2. The lowest BCUT2D eigenvalue weighted by atomic mass is 9.95. The summed E-state index contributed by atoms with van der Waals surface area (Å²) < 4.78 is 0. The van der Waals surface area contributed by atoms with Crippen LogP contribution in [0.1, 0.15) is 13.8 Å². The maximum absolute atomic E-state index is 9.41. The zero-order chi connectivity index (χ0) is 14.3. The zero-order valence-electron chi connectivity index (χ0n) is 11.9. The Labute approximate surface area is 118 Å². The monoisotopic (exact) mass is 271 g/mol. The summed E-state index contributed by atoms with van der Waals surface area (Å²) in [5, 5.41) is 11.2. The molecule has 0 radical (unpaired) electrons. The molecule has 0 aromatic carbocycles. The average molecular weight is 271 g/mol. The molecule has 1 unspecified atom stereocenters. The standard InChI is InChI=1S/C14H17N5O/c1-4-17-7-10(2)12(5-15)13-14(17)19-9-18(20-3)8-11(19)6-16-13/h6-8,12H,4,9H2,1-3H3. The number of nitriles is 1. The van der Waals surface area contributed by atoms with Gasteiger partial charge >= 0.3 is 0 Å². The smallest absolute Gasteiger partial charge is 0.138 e. The Morgan fingerprint density at radius 2 is 2.30 bits per heavy atom. The van der Waals surface area contributed by atoms with E-state index < -0.39 is 0 Å². The van der Waals surface area contributed by atoms with Gasteiger partial charge in [-0.3, -0.25) is 9.83 Å². The topological polar surface area (TPSA) is 55.1 Å². The van der Waals surface area contributed by atoms with Crippen LogP contribution in [0, 0.1) is 17.2 Å². The summed E-state index contributed by atoms with van der Waals surface area (Å²) >= 11 is 0. The molecule has 104 valence electrons. The highest BCUT2D eigenvalue weighted by Crippen LogP contribution is 2.38. The second-order valence-corrected chi connectivity index (χ2v) is 4.91. The van der Waals surface area contributed by atoms with Crippen LogP contribution in [0.5, 0.6) is 0 Å². The number of fused-ring (bicyclic) bond motifs is 2. The molecule has 0 aliphatic carbocycles. The molecule has 0 N–H and O–H groups in total. The Bertz CT molecular complexity index is 595. The molecule has 0 aromatic heterocycles. The van der Waals surface area contributed by atoms with E-state index >= 15 is 0 Å². The van der Waals surface area contributed by atoms with Gasteiger partial charge in [0.2, 0.25) is 0 Å². The maximum atomic E-state index is 9.41. The van der Waals surface area contributed by atoms with Gasteiger partial charge in [0.1, 0.15) is 24.1 Å². The van der Waals surface area contributed by atoms with E-state index in [4.69, 9.17) is 4.84 Å². The minimum Gasteiger partial charge on any atom is -0.333 e. The Hall–Kier alpha value is -2.26. The first-order valence-corrected chi connectivity index (χ1v) is 6.62. The van der Waals surface area contributed by atoms with Crippen LogP contribution in [0.3, 0.4) is 0 Å². The van der Waals surface area contributed by atoms with E-state index in [1.165, 1.54) is 0 Å². The Morgan fingerprint density at radius 1 is 1.50 bits per heavy atom. The van der Waals surface area contributed by atoms with E-state index in [0.717, 1.165) is 29.3 Å². The molecule has 0 bridgehead atoms. The van der Waals surface area contributed by atoms with Crippen LogP contribution < -0.4 is 0 Å². The first kappa shape index (κ1) is 12.8. The lowest BCUT2D eigenvalue weighted by Gasteiger charge is -2.38. The number of rotatable bonds is 2. The van der Waals surface area contributed by atoms with Crippen LogP contribution in [0.25, 0.3) is 0 Å². The van der Waals surface area contributed by atoms with Crippen molar-refractivity contribution >= 4 is 6.21 Å². The van der Waals surface area contributed by atoms with Crippen molar-refractivity contribution in [2.24, 2.45) is 10.9 Å². The third-order valence-electron chi connectivity index (χ3n) is 3.75. The lowest BCUT2D eigenvalue weighted by molar-refractivity contribution is -0.0967. The van der Waals surface area contributed by atoms with Gasteiger partial charge < -0.3 is 9.80 Å². The highest BCUT2D eigenvalue weighted by Gasteiger charge is 2.36. The SMILES string of the molecule is CCN1C=C(C)C(C#N)C2=C1N1CN(OC)C=C1C=N2. The van der Waals surface area contributed by atoms with Crippen LogP contribution in [-0.4, -0.2) is 41.4 Å². The summed E-state index contributed by atoms with van der Waals surface area (Å²) in [6, 6.07) is 2.35. The largest absolute Gasteiger partial charge is 0.333 e. The van der Waals surface area contributed by atoms with E-state index in [1.54, 1.807) is 18.4 Å². The fourth-order valence-electron chi connectivity index (χ4n) is 2.72. The van der Waals surface area contributed by atoms with Gasteiger partial charge in [0.25, 0.3) is 0 Å². The quantitative estimate of drug-likeness (QED) is 0.763. The predicted octanol–water partition coefficient (Wildman–Crippen LogP) is 1.60. The molecule has 0 saturated carbocycles. The minimum absolute atomic E-state index is 0.276. The molecule has 6 heteroatoms. The molecule has 0 saturated heterocycles. The van der Waals surface area contributed by atoms with E-state index in [2.05, 4.69) is 27.8 Å². The fraction of sp³-hybridized carbons (Fsp3) is 0.429. The molecule has 1 atom stereocenters. The van der Waals surface area contributed by atoms with Crippen LogP contribution in [-0.2, 0) is 4.84 Å². The van der Waals surface area contributed by atoms with Crippen molar-refractivity contribution in [3.8, 4) is 6.07 Å². The first-order valence-electron chi connectivity index (χ1n) is 6.62. The average Bonchev–Trinajstić information content (AvgIpc) is 2.89. The molecule has 3 rings (SSSR count).